The minimum Gasteiger partial charge on any atom is -0.378 e. The fourth-order valence-electron chi connectivity index (χ4n) is 4.02. The number of halogens is 1. The molecule has 0 spiro atoms. The van der Waals surface area contributed by atoms with Gasteiger partial charge in [-0.2, -0.15) is 0 Å². The van der Waals surface area contributed by atoms with Gasteiger partial charge in [0.1, 0.15) is 0 Å². The Hall–Kier alpha value is -0.0800. The molecule has 6 heteroatoms. The highest BCUT2D eigenvalue weighted by Crippen LogP contribution is 2.34. The zero-order valence-corrected chi connectivity index (χ0v) is 17.3. The van der Waals surface area contributed by atoms with Crippen LogP contribution in [0.4, 0.5) is 0 Å². The third-order valence-corrected chi connectivity index (χ3v) is 5.25. The molecular weight excluding hydrogens is 417 g/mol. The monoisotopic (exact) mass is 451 g/mol. The average Bonchev–Trinajstić information content (AvgIpc) is 3.18. The van der Waals surface area contributed by atoms with E-state index in [4.69, 9.17) is 14.5 Å². The lowest BCUT2D eigenvalue weighted by atomic mass is 9.96. The van der Waals surface area contributed by atoms with E-state index in [1.54, 1.807) is 0 Å². The van der Waals surface area contributed by atoms with Gasteiger partial charge in [-0.25, -0.2) is 0 Å². The number of hydrogen-bond donors (Lipinski definition) is 2. The van der Waals surface area contributed by atoms with Gasteiger partial charge in [-0.3, -0.25) is 4.99 Å². The van der Waals surface area contributed by atoms with Gasteiger partial charge in [-0.15, -0.1) is 24.0 Å². The van der Waals surface area contributed by atoms with Crippen LogP contribution in [-0.4, -0.2) is 50.0 Å². The first kappa shape index (κ1) is 20.2. The molecule has 0 aromatic carbocycles. The first-order valence-corrected chi connectivity index (χ1v) is 9.67. The first-order valence-electron chi connectivity index (χ1n) is 9.67. The molecule has 2 N–H and O–H groups in total. The summed E-state index contributed by atoms with van der Waals surface area (Å²) in [5.74, 6) is 0.936. The molecule has 2 heterocycles. The lowest BCUT2D eigenvalue weighted by Crippen LogP contribution is -2.47. The Labute approximate surface area is 163 Å². The molecule has 2 bridgehead atoms. The Morgan fingerprint density at radius 2 is 2.00 bits per heavy atom. The Morgan fingerprint density at radius 1 is 1.17 bits per heavy atom. The first-order chi connectivity index (χ1) is 11.3. The molecule has 2 saturated heterocycles. The minimum absolute atomic E-state index is 0. The fraction of sp³-hybridized carbons (Fsp3) is 0.944. The molecule has 2 aliphatic heterocycles. The topological polar surface area (TPSA) is 54.9 Å². The lowest BCUT2D eigenvalue weighted by molar-refractivity contribution is 0.0281. The molecule has 0 aromatic heterocycles. The van der Waals surface area contributed by atoms with Gasteiger partial charge in [-0.1, -0.05) is 19.3 Å². The predicted octanol–water partition coefficient (Wildman–Crippen LogP) is 3.22. The summed E-state index contributed by atoms with van der Waals surface area (Å²) in [5, 5.41) is 6.91. The average molecular weight is 451 g/mol. The number of rotatable bonds is 7. The van der Waals surface area contributed by atoms with Crippen molar-refractivity contribution in [2.75, 3.05) is 19.7 Å². The van der Waals surface area contributed by atoms with Gasteiger partial charge in [-0.05, 0) is 45.4 Å². The van der Waals surface area contributed by atoms with Crippen molar-refractivity contribution in [3.8, 4) is 0 Å². The molecule has 140 valence electrons. The number of nitrogens with zero attached hydrogens (tertiary/aromatic N) is 1. The Balaban J connectivity index is 0.00000208. The van der Waals surface area contributed by atoms with Gasteiger partial charge in [0.05, 0.1) is 24.4 Å². The number of guanidine groups is 1. The molecule has 3 fully saturated rings. The number of ether oxygens (including phenoxy) is 2. The van der Waals surface area contributed by atoms with Gasteiger partial charge in [0, 0.05) is 19.7 Å². The largest absolute Gasteiger partial charge is 0.378 e. The molecule has 1 aliphatic carbocycles. The highest BCUT2D eigenvalue weighted by Gasteiger charge is 2.41. The van der Waals surface area contributed by atoms with Crippen molar-refractivity contribution in [3.63, 3.8) is 0 Å². The molecule has 1 saturated carbocycles. The lowest BCUT2D eigenvalue weighted by Gasteiger charge is -2.23. The summed E-state index contributed by atoms with van der Waals surface area (Å²) in [6, 6.07) is 0.435. The van der Waals surface area contributed by atoms with Crippen molar-refractivity contribution in [2.45, 2.75) is 89.1 Å². The van der Waals surface area contributed by atoms with E-state index in [1.807, 2.05) is 0 Å². The van der Waals surface area contributed by atoms with Crippen LogP contribution in [0.5, 0.6) is 0 Å². The van der Waals surface area contributed by atoms with Crippen LogP contribution in [0.15, 0.2) is 4.99 Å². The summed E-state index contributed by atoms with van der Waals surface area (Å²) in [4.78, 5) is 4.70. The van der Waals surface area contributed by atoms with Crippen LogP contribution >= 0.6 is 24.0 Å². The van der Waals surface area contributed by atoms with Gasteiger partial charge in [0.15, 0.2) is 5.96 Å². The van der Waals surface area contributed by atoms with Crippen molar-refractivity contribution in [2.24, 2.45) is 4.99 Å². The number of aliphatic imine (C=N–C) groups is 1. The third-order valence-electron chi connectivity index (χ3n) is 5.25. The summed E-state index contributed by atoms with van der Waals surface area (Å²) in [6.07, 6.45) is 12.5. The normalized spacial score (nSPS) is 30.2. The highest BCUT2D eigenvalue weighted by atomic mass is 127. The molecule has 24 heavy (non-hydrogen) atoms. The maximum atomic E-state index is 5.97. The Morgan fingerprint density at radius 3 is 2.67 bits per heavy atom. The molecule has 3 atom stereocenters. The molecule has 0 amide bonds. The number of nitrogens with one attached hydrogen (secondary N) is 2. The van der Waals surface area contributed by atoms with Crippen LogP contribution < -0.4 is 10.6 Å². The van der Waals surface area contributed by atoms with Crippen LogP contribution in [0.2, 0.25) is 0 Å². The SMILES string of the molecule is CCNC(=NCCCOC1CCCCC1)NC1CC2CCC1O2.I. The van der Waals surface area contributed by atoms with Crippen molar-refractivity contribution in [3.05, 3.63) is 0 Å². The second kappa shape index (κ2) is 10.8. The summed E-state index contributed by atoms with van der Waals surface area (Å²) in [6.45, 7) is 4.67. The van der Waals surface area contributed by atoms with E-state index in [2.05, 4.69) is 17.6 Å². The van der Waals surface area contributed by atoms with Crippen LogP contribution in [0.3, 0.4) is 0 Å². The van der Waals surface area contributed by atoms with Crippen molar-refractivity contribution in [1.29, 1.82) is 0 Å². The molecule has 0 radical (unpaired) electrons. The maximum Gasteiger partial charge on any atom is 0.191 e. The van der Waals surface area contributed by atoms with Gasteiger partial charge in [0.2, 0.25) is 0 Å². The van der Waals surface area contributed by atoms with E-state index in [9.17, 15) is 0 Å². The van der Waals surface area contributed by atoms with E-state index in [-0.39, 0.29) is 24.0 Å². The fourth-order valence-corrected chi connectivity index (χ4v) is 4.02. The van der Waals surface area contributed by atoms with Crippen molar-refractivity contribution < 1.29 is 9.47 Å². The summed E-state index contributed by atoms with van der Waals surface area (Å²) >= 11 is 0. The van der Waals surface area contributed by atoms with E-state index in [0.717, 1.165) is 38.5 Å². The van der Waals surface area contributed by atoms with Crippen LogP contribution in [0.25, 0.3) is 0 Å². The molecule has 3 rings (SSSR count). The van der Waals surface area contributed by atoms with Crippen molar-refractivity contribution >= 4 is 29.9 Å². The molecule has 3 unspecified atom stereocenters. The Kier molecular flexibility index (Phi) is 9.11. The third kappa shape index (κ3) is 6.02. The quantitative estimate of drug-likeness (QED) is 0.270. The maximum absolute atomic E-state index is 5.97. The van der Waals surface area contributed by atoms with E-state index in [1.165, 1.54) is 44.9 Å². The minimum atomic E-state index is 0. The predicted molar refractivity (Wildman–Crippen MR) is 108 cm³/mol. The summed E-state index contributed by atoms with van der Waals surface area (Å²) in [7, 11) is 0. The standard InChI is InChI=1S/C18H33N3O2.HI/c1-2-19-18(21-16-13-15-9-10-17(16)23-15)20-11-6-12-22-14-7-4-3-5-8-14;/h14-17H,2-13H2,1H3,(H2,19,20,21);1H. The molecule has 5 nitrogen and oxygen atoms in total. The van der Waals surface area contributed by atoms with Crippen LogP contribution in [0, 0.1) is 0 Å². The number of hydrogen-bond acceptors (Lipinski definition) is 3. The van der Waals surface area contributed by atoms with Gasteiger partial charge < -0.3 is 20.1 Å². The summed E-state index contributed by atoms with van der Waals surface area (Å²) in [5.41, 5.74) is 0. The smallest absolute Gasteiger partial charge is 0.191 e. The summed E-state index contributed by atoms with van der Waals surface area (Å²) < 4.78 is 11.9. The van der Waals surface area contributed by atoms with E-state index >= 15 is 0 Å². The second-order valence-corrected chi connectivity index (χ2v) is 7.11. The van der Waals surface area contributed by atoms with Gasteiger partial charge in [0.25, 0.3) is 0 Å². The zero-order chi connectivity index (χ0) is 15.9. The molecular formula is C18H34IN3O2. The number of fused-ring (bicyclic) bond motifs is 2. The molecule has 0 aromatic rings. The van der Waals surface area contributed by atoms with Crippen LogP contribution in [0.1, 0.15) is 64.7 Å². The molecule has 3 aliphatic rings. The van der Waals surface area contributed by atoms with Crippen molar-refractivity contribution in [1.82, 2.24) is 10.6 Å². The van der Waals surface area contributed by atoms with E-state index in [0.29, 0.717) is 24.4 Å². The highest BCUT2D eigenvalue weighted by molar-refractivity contribution is 14.0. The zero-order valence-electron chi connectivity index (χ0n) is 15.0. The second-order valence-electron chi connectivity index (χ2n) is 7.11. The van der Waals surface area contributed by atoms with Crippen LogP contribution in [-0.2, 0) is 9.47 Å². The van der Waals surface area contributed by atoms with E-state index < -0.39 is 0 Å². The Bertz CT molecular complexity index is 388. The van der Waals surface area contributed by atoms with Gasteiger partial charge >= 0.3 is 0 Å².